The van der Waals surface area contributed by atoms with Crippen molar-refractivity contribution in [2.24, 2.45) is 5.92 Å². The molecular weight excluding hydrogens is 366 g/mol. The van der Waals surface area contributed by atoms with E-state index in [-0.39, 0.29) is 23.5 Å². The van der Waals surface area contributed by atoms with Crippen molar-refractivity contribution in [1.82, 2.24) is 14.5 Å². The van der Waals surface area contributed by atoms with E-state index in [4.69, 9.17) is 4.74 Å². The van der Waals surface area contributed by atoms with Gasteiger partial charge in [0, 0.05) is 32.1 Å². The number of ether oxygens (including phenoxy) is 1. The molecule has 0 spiro atoms. The number of hydrogen-bond acceptors (Lipinski definition) is 4. The molecule has 4 rings (SSSR count). The van der Waals surface area contributed by atoms with Crippen LogP contribution in [0.3, 0.4) is 0 Å². The first-order valence-electron chi connectivity index (χ1n) is 10.5. The van der Waals surface area contributed by atoms with Crippen LogP contribution in [0.2, 0.25) is 0 Å². The minimum Gasteiger partial charge on any atom is -0.363 e. The van der Waals surface area contributed by atoms with Crippen molar-refractivity contribution in [3.8, 4) is 0 Å². The highest BCUT2D eigenvalue weighted by atomic mass is 16.5. The van der Waals surface area contributed by atoms with Crippen molar-refractivity contribution in [2.45, 2.75) is 58.3 Å². The Bertz CT molecular complexity index is 929. The van der Waals surface area contributed by atoms with Crippen molar-refractivity contribution >= 4 is 5.91 Å². The predicted octanol–water partition coefficient (Wildman–Crippen LogP) is 2.75. The molecule has 1 aromatic carbocycles. The van der Waals surface area contributed by atoms with Crippen LogP contribution in [-0.4, -0.2) is 39.6 Å². The van der Waals surface area contributed by atoms with Crippen LogP contribution >= 0.6 is 0 Å². The van der Waals surface area contributed by atoms with Gasteiger partial charge in [0.2, 0.25) is 0 Å². The molecule has 0 aliphatic carbocycles. The van der Waals surface area contributed by atoms with Gasteiger partial charge in [0.25, 0.3) is 11.5 Å². The van der Waals surface area contributed by atoms with Crippen LogP contribution in [-0.2, 0) is 29.1 Å². The second kappa shape index (κ2) is 8.49. The average Bonchev–Trinajstić information content (AvgIpc) is 2.74. The van der Waals surface area contributed by atoms with E-state index in [1.54, 1.807) is 17.0 Å². The molecule has 154 valence electrons. The summed E-state index contributed by atoms with van der Waals surface area (Å²) in [5, 5.41) is 0. The normalized spacial score (nSPS) is 20.0. The topological polar surface area (TPSA) is 64.4 Å². The molecule has 2 aliphatic rings. The van der Waals surface area contributed by atoms with Crippen molar-refractivity contribution in [1.29, 1.82) is 0 Å². The number of amides is 1. The summed E-state index contributed by atoms with van der Waals surface area (Å²) in [6, 6.07) is 9.81. The van der Waals surface area contributed by atoms with Crippen LogP contribution in [0.5, 0.6) is 0 Å². The Balaban J connectivity index is 1.32. The summed E-state index contributed by atoms with van der Waals surface area (Å²) in [6.45, 7) is 6.68. The van der Waals surface area contributed by atoms with Crippen molar-refractivity contribution in [2.75, 3.05) is 13.1 Å². The number of fused-ring (bicyclic) bond motifs is 1. The SMILES string of the molecule is CC(C)c1cc(=O)n(CC2CCN(C(=O)C3Cc4ccccc4CO3)CC2)cn1. The van der Waals surface area contributed by atoms with Crippen LogP contribution < -0.4 is 5.56 Å². The molecule has 0 N–H and O–H groups in total. The third-order valence-electron chi connectivity index (χ3n) is 6.11. The Hall–Kier alpha value is -2.47. The van der Waals surface area contributed by atoms with Crippen LogP contribution in [0.25, 0.3) is 0 Å². The average molecular weight is 396 g/mol. The molecule has 1 unspecified atom stereocenters. The molecule has 6 nitrogen and oxygen atoms in total. The molecular formula is C23H29N3O3. The lowest BCUT2D eigenvalue weighted by molar-refractivity contribution is -0.147. The highest BCUT2D eigenvalue weighted by molar-refractivity contribution is 5.81. The summed E-state index contributed by atoms with van der Waals surface area (Å²) < 4.78 is 7.55. The van der Waals surface area contributed by atoms with Crippen molar-refractivity contribution < 1.29 is 9.53 Å². The summed E-state index contributed by atoms with van der Waals surface area (Å²) in [6.07, 6.45) is 3.73. The zero-order valence-electron chi connectivity index (χ0n) is 17.2. The van der Waals surface area contributed by atoms with Crippen molar-refractivity contribution in [3.05, 3.63) is 63.8 Å². The fourth-order valence-electron chi connectivity index (χ4n) is 4.22. The van der Waals surface area contributed by atoms with Crippen LogP contribution in [0.4, 0.5) is 0 Å². The maximum Gasteiger partial charge on any atom is 0.253 e. The van der Waals surface area contributed by atoms with E-state index >= 15 is 0 Å². The van der Waals surface area contributed by atoms with Gasteiger partial charge in [0.1, 0.15) is 6.10 Å². The third-order valence-corrected chi connectivity index (χ3v) is 6.11. The Morgan fingerprint density at radius 1 is 1.21 bits per heavy atom. The number of likely N-dealkylation sites (tertiary alicyclic amines) is 1. The lowest BCUT2D eigenvalue weighted by Gasteiger charge is -2.35. The molecule has 0 radical (unpaired) electrons. The maximum atomic E-state index is 12.9. The second-order valence-corrected chi connectivity index (χ2v) is 8.50. The number of piperidine rings is 1. The van der Waals surface area contributed by atoms with Crippen LogP contribution in [0.15, 0.2) is 41.5 Å². The van der Waals surface area contributed by atoms with Gasteiger partial charge in [-0.2, -0.15) is 0 Å². The quantitative estimate of drug-likeness (QED) is 0.799. The molecule has 1 aromatic heterocycles. The Kier molecular flexibility index (Phi) is 5.81. The predicted molar refractivity (Wildman–Crippen MR) is 111 cm³/mol. The van der Waals surface area contributed by atoms with Gasteiger partial charge in [0.05, 0.1) is 18.6 Å². The molecule has 1 atom stereocenters. The minimum absolute atomic E-state index is 0.0106. The zero-order valence-corrected chi connectivity index (χ0v) is 17.2. The summed E-state index contributed by atoms with van der Waals surface area (Å²) in [5.41, 5.74) is 3.23. The lowest BCUT2D eigenvalue weighted by atomic mass is 9.94. The molecule has 1 saturated heterocycles. The summed E-state index contributed by atoms with van der Waals surface area (Å²) in [5.74, 6) is 0.732. The van der Waals surface area contributed by atoms with Gasteiger partial charge < -0.3 is 9.64 Å². The molecule has 1 amide bonds. The number of carbonyl (C=O) groups excluding carboxylic acids is 1. The van der Waals surface area contributed by atoms with E-state index in [2.05, 4.69) is 17.1 Å². The number of carbonyl (C=O) groups is 1. The van der Waals surface area contributed by atoms with Gasteiger partial charge in [-0.25, -0.2) is 4.98 Å². The second-order valence-electron chi connectivity index (χ2n) is 8.50. The van der Waals surface area contributed by atoms with Gasteiger partial charge in [-0.15, -0.1) is 0 Å². The molecule has 3 heterocycles. The van der Waals surface area contributed by atoms with Crippen LogP contribution in [0, 0.1) is 5.92 Å². The largest absolute Gasteiger partial charge is 0.363 e. The standard InChI is InChI=1S/C23H29N3O3/c1-16(2)20-12-22(27)26(15-24-20)13-17-7-9-25(10-8-17)23(28)21-11-18-5-3-4-6-19(18)14-29-21/h3-6,12,15-17,21H,7-11,13-14H2,1-2H3. The van der Waals surface area contributed by atoms with E-state index in [1.807, 2.05) is 30.9 Å². The lowest BCUT2D eigenvalue weighted by Crippen LogP contribution is -2.47. The number of aromatic nitrogens is 2. The molecule has 1 fully saturated rings. The molecule has 29 heavy (non-hydrogen) atoms. The Labute approximate surface area is 171 Å². The Morgan fingerprint density at radius 3 is 2.62 bits per heavy atom. The van der Waals surface area contributed by atoms with Gasteiger partial charge >= 0.3 is 0 Å². The fourth-order valence-corrected chi connectivity index (χ4v) is 4.22. The van der Waals surface area contributed by atoms with E-state index in [9.17, 15) is 9.59 Å². The van der Waals surface area contributed by atoms with Crippen molar-refractivity contribution in [3.63, 3.8) is 0 Å². The van der Waals surface area contributed by atoms with Gasteiger partial charge in [-0.05, 0) is 35.8 Å². The first-order chi connectivity index (χ1) is 14.0. The number of nitrogens with zero attached hydrogens (tertiary/aromatic N) is 3. The van der Waals surface area contributed by atoms with E-state index in [0.717, 1.165) is 31.6 Å². The molecule has 2 aliphatic heterocycles. The Morgan fingerprint density at radius 2 is 1.93 bits per heavy atom. The highest BCUT2D eigenvalue weighted by Gasteiger charge is 2.31. The van der Waals surface area contributed by atoms with E-state index in [0.29, 0.717) is 25.5 Å². The fraction of sp³-hybridized carbons (Fsp3) is 0.522. The number of hydrogen-bond donors (Lipinski definition) is 0. The monoisotopic (exact) mass is 395 g/mol. The first kappa shape index (κ1) is 19.8. The van der Waals surface area contributed by atoms with Gasteiger partial charge in [-0.1, -0.05) is 38.1 Å². The maximum absolute atomic E-state index is 12.9. The number of benzene rings is 1. The molecule has 0 bridgehead atoms. The zero-order chi connectivity index (χ0) is 20.4. The first-order valence-corrected chi connectivity index (χ1v) is 10.5. The molecule has 2 aromatic rings. The minimum atomic E-state index is -0.378. The number of rotatable bonds is 4. The van der Waals surface area contributed by atoms with Crippen LogP contribution in [0.1, 0.15) is 49.4 Å². The third kappa shape index (κ3) is 4.42. The van der Waals surface area contributed by atoms with Gasteiger partial charge in [0.15, 0.2) is 0 Å². The summed E-state index contributed by atoms with van der Waals surface area (Å²) in [4.78, 5) is 31.6. The van der Waals surface area contributed by atoms with E-state index < -0.39 is 0 Å². The molecule has 0 saturated carbocycles. The highest BCUT2D eigenvalue weighted by Crippen LogP contribution is 2.24. The summed E-state index contributed by atoms with van der Waals surface area (Å²) >= 11 is 0. The van der Waals surface area contributed by atoms with Gasteiger partial charge in [-0.3, -0.25) is 14.2 Å². The van der Waals surface area contributed by atoms with E-state index in [1.165, 1.54) is 11.1 Å². The molecule has 6 heteroatoms. The smallest absolute Gasteiger partial charge is 0.253 e. The summed E-state index contributed by atoms with van der Waals surface area (Å²) in [7, 11) is 0.